The van der Waals surface area contributed by atoms with E-state index in [1.807, 2.05) is 0 Å². The molecule has 2 aromatic rings. The molecule has 0 aliphatic rings. The maximum atomic E-state index is 11.6. The predicted molar refractivity (Wildman–Crippen MR) is 55.3 cm³/mol. The monoisotopic (exact) mass is 226 g/mol. The average molecular weight is 227 g/mol. The highest BCUT2D eigenvalue weighted by Gasteiger charge is 2.11. The number of rotatable bonds is 0. The third-order valence-electron chi connectivity index (χ3n) is 2.07. The first-order valence-corrected chi connectivity index (χ1v) is 4.56. The summed E-state index contributed by atoms with van der Waals surface area (Å²) in [5, 5.41) is 3.83. The van der Waals surface area contributed by atoms with Gasteiger partial charge in [0.05, 0.1) is 5.39 Å². The van der Waals surface area contributed by atoms with Crippen molar-refractivity contribution in [1.82, 2.24) is 9.78 Å². The predicted octanol–water partition coefficient (Wildman–Crippen LogP) is 0.849. The maximum Gasteiger partial charge on any atom is 0.340 e. The van der Waals surface area contributed by atoms with Crippen molar-refractivity contribution in [3.8, 4) is 0 Å². The van der Waals surface area contributed by atoms with Crippen LogP contribution in [0.25, 0.3) is 11.1 Å². The van der Waals surface area contributed by atoms with E-state index in [0.29, 0.717) is 5.56 Å². The van der Waals surface area contributed by atoms with Crippen molar-refractivity contribution >= 4 is 22.7 Å². The Morgan fingerprint density at radius 1 is 1.47 bits per heavy atom. The van der Waals surface area contributed by atoms with Gasteiger partial charge in [0, 0.05) is 12.6 Å². The fourth-order valence-electron chi connectivity index (χ4n) is 1.30. The highest BCUT2D eigenvalue weighted by molar-refractivity contribution is 6.29. The van der Waals surface area contributed by atoms with Gasteiger partial charge in [0.2, 0.25) is 11.1 Å². The zero-order valence-electron chi connectivity index (χ0n) is 8.07. The molecule has 0 fully saturated rings. The molecule has 0 saturated carbocycles. The van der Waals surface area contributed by atoms with Crippen LogP contribution in [0.3, 0.4) is 0 Å². The second-order valence-corrected chi connectivity index (χ2v) is 3.54. The highest BCUT2D eigenvalue weighted by atomic mass is 35.5. The standard InChI is InChI=1S/C9H7ClN2O3/c1-4-3-5-6(13)7(10)11-12(2)8(5)15-9(4)14/h3H,1-2H3. The SMILES string of the molecule is Cc1cc2c(=O)c(Cl)nn(C)c2oc1=O. The van der Waals surface area contributed by atoms with Crippen LogP contribution in [0, 0.1) is 6.92 Å². The summed E-state index contributed by atoms with van der Waals surface area (Å²) in [6.07, 6.45) is 0. The van der Waals surface area contributed by atoms with Crippen molar-refractivity contribution in [1.29, 1.82) is 0 Å². The first-order valence-electron chi connectivity index (χ1n) is 4.18. The Labute approximate surface area is 88.9 Å². The van der Waals surface area contributed by atoms with Crippen molar-refractivity contribution in [3.63, 3.8) is 0 Å². The van der Waals surface area contributed by atoms with Crippen LogP contribution in [-0.4, -0.2) is 9.78 Å². The summed E-state index contributed by atoms with van der Waals surface area (Å²) in [5.74, 6) is 0. The Morgan fingerprint density at radius 2 is 2.13 bits per heavy atom. The van der Waals surface area contributed by atoms with Crippen LogP contribution in [0.4, 0.5) is 0 Å². The van der Waals surface area contributed by atoms with Gasteiger partial charge in [0.15, 0.2) is 5.15 Å². The zero-order chi connectivity index (χ0) is 11.2. The summed E-state index contributed by atoms with van der Waals surface area (Å²) >= 11 is 5.62. The third-order valence-corrected chi connectivity index (χ3v) is 2.31. The summed E-state index contributed by atoms with van der Waals surface area (Å²) in [6, 6.07) is 1.46. The Balaban J connectivity index is 3.11. The van der Waals surface area contributed by atoms with Gasteiger partial charge in [-0.25, -0.2) is 9.48 Å². The number of hydrogen-bond acceptors (Lipinski definition) is 4. The molecule has 2 heterocycles. The zero-order valence-corrected chi connectivity index (χ0v) is 8.83. The van der Waals surface area contributed by atoms with Crippen molar-refractivity contribution in [2.75, 3.05) is 0 Å². The molecule has 0 aromatic carbocycles. The molecule has 0 N–H and O–H groups in total. The van der Waals surface area contributed by atoms with E-state index in [1.165, 1.54) is 10.7 Å². The van der Waals surface area contributed by atoms with Crippen LogP contribution in [0.2, 0.25) is 5.15 Å². The topological polar surface area (TPSA) is 65.1 Å². The normalized spacial score (nSPS) is 10.9. The van der Waals surface area contributed by atoms with Gasteiger partial charge in [-0.05, 0) is 13.0 Å². The molecule has 0 spiro atoms. The Bertz CT molecular complexity index is 657. The lowest BCUT2D eigenvalue weighted by molar-refractivity contribution is 0.511. The van der Waals surface area contributed by atoms with Crippen LogP contribution in [-0.2, 0) is 7.05 Å². The van der Waals surface area contributed by atoms with E-state index in [2.05, 4.69) is 5.10 Å². The number of halogens is 1. The Hall–Kier alpha value is -1.62. The van der Waals surface area contributed by atoms with Crippen molar-refractivity contribution < 1.29 is 4.42 Å². The second kappa shape index (κ2) is 3.20. The lowest BCUT2D eigenvalue weighted by Gasteiger charge is -2.02. The molecule has 0 saturated heterocycles. The Kier molecular flexibility index (Phi) is 2.12. The third kappa shape index (κ3) is 1.45. The Morgan fingerprint density at radius 3 is 2.80 bits per heavy atom. The van der Waals surface area contributed by atoms with Gasteiger partial charge in [-0.1, -0.05) is 11.6 Å². The molecule has 5 nitrogen and oxygen atoms in total. The molecule has 0 atom stereocenters. The number of fused-ring (bicyclic) bond motifs is 1. The smallest absolute Gasteiger partial charge is 0.340 e. The van der Waals surface area contributed by atoms with E-state index in [4.69, 9.17) is 16.0 Å². The molecule has 2 rings (SSSR count). The molecule has 0 radical (unpaired) electrons. The molecule has 15 heavy (non-hydrogen) atoms. The summed E-state index contributed by atoms with van der Waals surface area (Å²) in [5.41, 5.74) is -0.430. The van der Waals surface area contributed by atoms with Crippen LogP contribution >= 0.6 is 11.6 Å². The van der Waals surface area contributed by atoms with Crippen LogP contribution in [0.5, 0.6) is 0 Å². The summed E-state index contributed by atoms with van der Waals surface area (Å²) < 4.78 is 6.21. The molecule has 0 bridgehead atoms. The molecule has 2 aromatic heterocycles. The number of hydrogen-bond donors (Lipinski definition) is 0. The summed E-state index contributed by atoms with van der Waals surface area (Å²) in [7, 11) is 1.55. The van der Waals surface area contributed by atoms with Gasteiger partial charge in [0.1, 0.15) is 0 Å². The lowest BCUT2D eigenvalue weighted by Crippen LogP contribution is -2.15. The average Bonchev–Trinajstić information content (AvgIpc) is 2.18. The minimum atomic E-state index is -0.485. The van der Waals surface area contributed by atoms with E-state index in [1.54, 1.807) is 14.0 Å². The molecule has 0 unspecified atom stereocenters. The van der Waals surface area contributed by atoms with Crippen molar-refractivity contribution in [2.45, 2.75) is 6.92 Å². The molecule has 6 heteroatoms. The first-order chi connectivity index (χ1) is 7.00. The quantitative estimate of drug-likeness (QED) is 0.668. The summed E-state index contributed by atoms with van der Waals surface area (Å²) in [4.78, 5) is 22.8. The number of nitrogens with zero attached hydrogens (tertiary/aromatic N) is 2. The minimum absolute atomic E-state index is 0.125. The summed E-state index contributed by atoms with van der Waals surface area (Å²) in [6.45, 7) is 1.57. The van der Waals surface area contributed by atoms with E-state index in [-0.39, 0.29) is 16.3 Å². The largest absolute Gasteiger partial charge is 0.404 e. The highest BCUT2D eigenvalue weighted by Crippen LogP contribution is 2.09. The van der Waals surface area contributed by atoms with Gasteiger partial charge in [-0.2, -0.15) is 5.10 Å². The minimum Gasteiger partial charge on any atom is -0.404 e. The molecule has 0 aliphatic heterocycles. The van der Waals surface area contributed by atoms with E-state index in [9.17, 15) is 9.59 Å². The van der Waals surface area contributed by atoms with Gasteiger partial charge >= 0.3 is 5.63 Å². The van der Waals surface area contributed by atoms with Crippen LogP contribution in [0.15, 0.2) is 20.1 Å². The molecule has 0 aliphatic carbocycles. The molecular weight excluding hydrogens is 220 g/mol. The molecule has 0 amide bonds. The van der Waals surface area contributed by atoms with Crippen LogP contribution in [0.1, 0.15) is 5.56 Å². The van der Waals surface area contributed by atoms with Gasteiger partial charge in [-0.15, -0.1) is 0 Å². The molecular formula is C9H7ClN2O3. The first kappa shape index (κ1) is 9.92. The van der Waals surface area contributed by atoms with E-state index >= 15 is 0 Å². The molecule has 78 valence electrons. The van der Waals surface area contributed by atoms with Crippen molar-refractivity contribution in [3.05, 3.63) is 37.4 Å². The van der Waals surface area contributed by atoms with Gasteiger partial charge in [0.25, 0.3) is 0 Å². The number of aryl methyl sites for hydroxylation is 2. The lowest BCUT2D eigenvalue weighted by atomic mass is 10.2. The second-order valence-electron chi connectivity index (χ2n) is 3.18. The number of aromatic nitrogens is 2. The van der Waals surface area contributed by atoms with Crippen molar-refractivity contribution in [2.24, 2.45) is 7.05 Å². The fraction of sp³-hybridized carbons (Fsp3) is 0.222. The van der Waals surface area contributed by atoms with Crippen LogP contribution < -0.4 is 11.1 Å². The maximum absolute atomic E-state index is 11.6. The van der Waals surface area contributed by atoms with E-state index < -0.39 is 11.1 Å². The van der Waals surface area contributed by atoms with Gasteiger partial charge in [-0.3, -0.25) is 4.79 Å². The van der Waals surface area contributed by atoms with Gasteiger partial charge < -0.3 is 4.42 Å². The van der Waals surface area contributed by atoms with E-state index in [0.717, 1.165) is 0 Å². The fourth-order valence-corrected chi connectivity index (χ4v) is 1.51.